The molecule has 0 spiro atoms. The Balaban J connectivity index is 0.00000484. The van der Waals surface area contributed by atoms with Crippen LogP contribution in [0.1, 0.15) is 26.3 Å². The van der Waals surface area contributed by atoms with Crippen molar-refractivity contribution >= 4 is 5.97 Å². The highest BCUT2D eigenvalue weighted by Gasteiger charge is 2.26. The number of rotatable bonds is 9. The molecule has 0 bridgehead atoms. The number of carbonyl (C=O) groups is 1. The van der Waals surface area contributed by atoms with Crippen LogP contribution in [0.4, 0.5) is 0 Å². The molecule has 0 fully saturated rings. The first-order valence-corrected chi connectivity index (χ1v) is 7.87. The Kier molecular flexibility index (Phi) is 9.61. The van der Waals surface area contributed by atoms with Gasteiger partial charge in [-0.3, -0.25) is 0 Å². The summed E-state index contributed by atoms with van der Waals surface area (Å²) in [6.07, 6.45) is 2.59. The minimum Gasteiger partial charge on any atom is -1.00 e. The molecule has 0 unspecified atom stereocenters. The van der Waals surface area contributed by atoms with Crippen LogP contribution in [0, 0.1) is 0 Å². The van der Waals surface area contributed by atoms with Crippen LogP contribution in [0.2, 0.25) is 0 Å². The molecule has 0 saturated carbocycles. The van der Waals surface area contributed by atoms with Gasteiger partial charge in [-0.05, 0) is 44.9 Å². The minimum atomic E-state index is -0.222. The highest BCUT2D eigenvalue weighted by molar-refractivity contribution is 5.74. The van der Waals surface area contributed by atoms with Crippen molar-refractivity contribution in [3.63, 3.8) is 0 Å². The van der Waals surface area contributed by atoms with Gasteiger partial charge in [-0.15, -0.1) is 6.58 Å². The Morgan fingerprint density at radius 1 is 1.17 bits per heavy atom. The molecule has 0 aliphatic heterocycles. The Bertz CT molecular complexity index is 505. The van der Waals surface area contributed by atoms with Gasteiger partial charge in [0.25, 0.3) is 0 Å². The van der Waals surface area contributed by atoms with Crippen molar-refractivity contribution in [2.45, 2.75) is 27.2 Å². The first kappa shape index (κ1) is 21.5. The highest BCUT2D eigenvalue weighted by atomic mass is 35.5. The number of nitrogens with zero attached hydrogens (tertiary/aromatic N) is 1. The maximum atomic E-state index is 12.3. The summed E-state index contributed by atoms with van der Waals surface area (Å²) in [5.74, 6) is 0.831. The topological polar surface area (TPSA) is 35.5 Å². The van der Waals surface area contributed by atoms with E-state index in [1.165, 1.54) is 0 Å². The van der Waals surface area contributed by atoms with E-state index in [1.807, 2.05) is 18.2 Å². The number of allylic oxidation sites excluding steroid dienone is 1. The number of ether oxygens (including phenoxy) is 2. The van der Waals surface area contributed by atoms with Crippen LogP contribution in [0.15, 0.2) is 30.9 Å². The third-order valence-corrected chi connectivity index (χ3v) is 4.31. The lowest BCUT2D eigenvalue weighted by atomic mass is 10.1. The molecule has 1 aromatic rings. The maximum absolute atomic E-state index is 12.3. The Hall–Kier alpha value is -1.52. The summed E-state index contributed by atoms with van der Waals surface area (Å²) in [5.41, 5.74) is 1.08. The molecule has 0 amide bonds. The van der Waals surface area contributed by atoms with Crippen LogP contribution in [0.5, 0.6) is 11.5 Å². The second-order valence-corrected chi connectivity index (χ2v) is 5.40. The van der Waals surface area contributed by atoms with Crippen LogP contribution >= 0.6 is 0 Å². The van der Waals surface area contributed by atoms with Crippen molar-refractivity contribution in [3.8, 4) is 11.5 Å². The van der Waals surface area contributed by atoms with Gasteiger partial charge < -0.3 is 26.4 Å². The summed E-state index contributed by atoms with van der Waals surface area (Å²) >= 11 is 0. The van der Waals surface area contributed by atoms with E-state index in [9.17, 15) is 4.79 Å². The van der Waals surface area contributed by atoms with Crippen LogP contribution in [0.25, 0.3) is 0 Å². The molecule has 0 N–H and O–H groups in total. The molecular formula is C18H28ClNO3. The molecule has 5 heteroatoms. The van der Waals surface area contributed by atoms with Gasteiger partial charge in [-0.1, -0.05) is 12.1 Å². The Labute approximate surface area is 146 Å². The van der Waals surface area contributed by atoms with Gasteiger partial charge in [0.05, 0.1) is 26.7 Å². The van der Waals surface area contributed by atoms with Gasteiger partial charge in [0.1, 0.15) is 0 Å². The predicted octanol–water partition coefficient (Wildman–Crippen LogP) is 0.210. The fourth-order valence-electron chi connectivity index (χ4n) is 2.52. The number of esters is 1. The van der Waals surface area contributed by atoms with E-state index in [2.05, 4.69) is 27.4 Å². The van der Waals surface area contributed by atoms with E-state index in [0.29, 0.717) is 18.0 Å². The third kappa shape index (κ3) is 5.88. The van der Waals surface area contributed by atoms with E-state index in [0.717, 1.165) is 36.1 Å². The first-order valence-electron chi connectivity index (χ1n) is 7.87. The van der Waals surface area contributed by atoms with Crippen molar-refractivity contribution in [1.29, 1.82) is 0 Å². The quantitative estimate of drug-likeness (QED) is 0.279. The fourth-order valence-corrected chi connectivity index (χ4v) is 2.52. The standard InChI is InChI=1S/C18H28NO3.ClH/c1-6-10-15-11-12-16(17(13-15)21-5)22-18(20)14-19(7-2,8-3)9-4;/h6,11-13H,1,7-10,14H2,2-5H3;1H/q+1;/p-1. The number of halogens is 1. The number of likely N-dealkylation sites (N-methyl/N-ethyl adjacent to an activating group) is 1. The van der Waals surface area contributed by atoms with Crippen LogP contribution in [-0.2, 0) is 11.2 Å². The van der Waals surface area contributed by atoms with Crippen molar-refractivity contribution < 1.29 is 31.2 Å². The zero-order chi connectivity index (χ0) is 16.6. The van der Waals surface area contributed by atoms with Gasteiger partial charge in [0.2, 0.25) is 0 Å². The zero-order valence-corrected chi connectivity index (χ0v) is 15.4. The molecule has 4 nitrogen and oxygen atoms in total. The third-order valence-electron chi connectivity index (χ3n) is 4.31. The Morgan fingerprint density at radius 2 is 1.78 bits per heavy atom. The molecule has 1 aromatic carbocycles. The molecule has 0 atom stereocenters. The largest absolute Gasteiger partial charge is 1.00 e. The molecule has 0 aliphatic rings. The van der Waals surface area contributed by atoms with E-state index < -0.39 is 0 Å². The summed E-state index contributed by atoms with van der Waals surface area (Å²) in [5, 5.41) is 0. The van der Waals surface area contributed by atoms with Gasteiger partial charge in [0, 0.05) is 0 Å². The number of carbonyl (C=O) groups excluding carboxylic acids is 1. The van der Waals surface area contributed by atoms with Crippen molar-refractivity contribution in [2.75, 3.05) is 33.3 Å². The average Bonchev–Trinajstić information content (AvgIpc) is 2.54. The second-order valence-electron chi connectivity index (χ2n) is 5.40. The monoisotopic (exact) mass is 341 g/mol. The van der Waals surface area contributed by atoms with E-state index in [-0.39, 0.29) is 18.4 Å². The average molecular weight is 342 g/mol. The highest BCUT2D eigenvalue weighted by Crippen LogP contribution is 2.28. The van der Waals surface area contributed by atoms with Crippen LogP contribution in [0.3, 0.4) is 0 Å². The molecule has 0 aliphatic carbocycles. The summed E-state index contributed by atoms with van der Waals surface area (Å²) in [4.78, 5) is 12.3. The van der Waals surface area contributed by atoms with E-state index in [1.54, 1.807) is 13.2 Å². The summed E-state index contributed by atoms with van der Waals surface area (Å²) in [6, 6.07) is 5.59. The van der Waals surface area contributed by atoms with Crippen molar-refractivity contribution in [3.05, 3.63) is 36.4 Å². The number of hydrogen-bond acceptors (Lipinski definition) is 3. The molecular weight excluding hydrogens is 314 g/mol. The lowest BCUT2D eigenvalue weighted by molar-refractivity contribution is -0.916. The second kappa shape index (κ2) is 10.3. The van der Waals surface area contributed by atoms with Gasteiger partial charge in [-0.2, -0.15) is 0 Å². The number of benzene rings is 1. The first-order chi connectivity index (χ1) is 10.5. The summed E-state index contributed by atoms with van der Waals surface area (Å²) in [7, 11) is 1.58. The molecule has 0 aromatic heterocycles. The number of methoxy groups -OCH3 is 1. The Morgan fingerprint density at radius 3 is 2.26 bits per heavy atom. The number of quaternary nitrogens is 1. The van der Waals surface area contributed by atoms with Gasteiger partial charge >= 0.3 is 5.97 Å². The lowest BCUT2D eigenvalue weighted by Crippen LogP contribution is -3.00. The van der Waals surface area contributed by atoms with Crippen molar-refractivity contribution in [1.82, 2.24) is 0 Å². The van der Waals surface area contributed by atoms with Crippen LogP contribution < -0.4 is 21.9 Å². The van der Waals surface area contributed by atoms with E-state index >= 15 is 0 Å². The number of hydrogen-bond donors (Lipinski definition) is 0. The summed E-state index contributed by atoms with van der Waals surface area (Å²) in [6.45, 7) is 13.1. The van der Waals surface area contributed by atoms with Crippen molar-refractivity contribution in [2.24, 2.45) is 0 Å². The molecule has 0 saturated heterocycles. The predicted molar refractivity (Wildman–Crippen MR) is 89.3 cm³/mol. The molecule has 0 heterocycles. The van der Waals surface area contributed by atoms with Crippen LogP contribution in [-0.4, -0.2) is 43.7 Å². The maximum Gasteiger partial charge on any atom is 0.367 e. The molecule has 130 valence electrons. The van der Waals surface area contributed by atoms with E-state index in [4.69, 9.17) is 9.47 Å². The van der Waals surface area contributed by atoms with Gasteiger partial charge in [0.15, 0.2) is 18.0 Å². The minimum absolute atomic E-state index is 0. The zero-order valence-electron chi connectivity index (χ0n) is 14.6. The smallest absolute Gasteiger partial charge is 0.367 e. The molecule has 0 radical (unpaired) electrons. The summed E-state index contributed by atoms with van der Waals surface area (Å²) < 4.78 is 11.6. The fraction of sp³-hybridized carbons (Fsp3) is 0.500. The molecule has 23 heavy (non-hydrogen) atoms. The van der Waals surface area contributed by atoms with Gasteiger partial charge in [-0.25, -0.2) is 4.79 Å². The lowest BCUT2D eigenvalue weighted by Gasteiger charge is -2.34. The molecule has 1 rings (SSSR count). The SMILES string of the molecule is C=CCc1ccc(OC(=O)C[N+](CC)(CC)CC)c(OC)c1.[Cl-]. The normalized spacial score (nSPS) is 10.6.